The third-order valence-corrected chi connectivity index (χ3v) is 4.35. The third kappa shape index (κ3) is 4.40. The molecular formula is C20H20N4O5. The summed E-state index contributed by atoms with van der Waals surface area (Å²) < 4.78 is 10.5. The Morgan fingerprint density at radius 1 is 1.17 bits per heavy atom. The van der Waals surface area contributed by atoms with Gasteiger partial charge in [0.25, 0.3) is 11.6 Å². The molecule has 150 valence electrons. The first-order valence-electron chi connectivity index (χ1n) is 8.93. The van der Waals surface area contributed by atoms with Crippen LogP contribution in [0.15, 0.2) is 53.1 Å². The van der Waals surface area contributed by atoms with Crippen LogP contribution in [0.2, 0.25) is 0 Å². The van der Waals surface area contributed by atoms with Crippen molar-refractivity contribution in [3.63, 3.8) is 0 Å². The first-order chi connectivity index (χ1) is 13.9. The summed E-state index contributed by atoms with van der Waals surface area (Å²) in [5, 5.41) is 17.9. The molecule has 29 heavy (non-hydrogen) atoms. The molecule has 9 heteroatoms. The smallest absolute Gasteiger partial charge is 0.282 e. The van der Waals surface area contributed by atoms with E-state index in [1.165, 1.54) is 18.2 Å². The van der Waals surface area contributed by atoms with Gasteiger partial charge in [0.1, 0.15) is 17.4 Å². The molecule has 0 spiro atoms. The number of para-hydroxylation sites is 1. The standard InChI is InChI=1S/C20H20N4O5/c1-12(2)17(21-19(25)15-6-4-5-7-16(15)24(26)27)20-22-18(23-29-20)13-8-10-14(28-3)11-9-13/h4-12,17H,1-3H3,(H,21,25)/t17-/m1/s1. The maximum Gasteiger partial charge on any atom is 0.282 e. The molecule has 0 saturated carbocycles. The van der Waals surface area contributed by atoms with Gasteiger partial charge in [-0.25, -0.2) is 0 Å². The predicted molar refractivity (Wildman–Crippen MR) is 104 cm³/mol. The van der Waals surface area contributed by atoms with Gasteiger partial charge in [0.15, 0.2) is 0 Å². The van der Waals surface area contributed by atoms with Crippen molar-refractivity contribution in [1.82, 2.24) is 15.5 Å². The second-order valence-electron chi connectivity index (χ2n) is 6.65. The lowest BCUT2D eigenvalue weighted by molar-refractivity contribution is -0.385. The highest BCUT2D eigenvalue weighted by molar-refractivity contribution is 5.98. The molecule has 0 fully saturated rings. The Labute approximate surface area is 166 Å². The van der Waals surface area contributed by atoms with Gasteiger partial charge in [0.2, 0.25) is 11.7 Å². The van der Waals surface area contributed by atoms with Crippen molar-refractivity contribution >= 4 is 11.6 Å². The average molecular weight is 396 g/mol. The summed E-state index contributed by atoms with van der Waals surface area (Å²) in [6.45, 7) is 3.75. The third-order valence-electron chi connectivity index (χ3n) is 4.35. The molecule has 2 aromatic carbocycles. The quantitative estimate of drug-likeness (QED) is 0.476. The number of aromatic nitrogens is 2. The fourth-order valence-electron chi connectivity index (χ4n) is 2.78. The molecule has 0 unspecified atom stereocenters. The van der Waals surface area contributed by atoms with E-state index in [-0.39, 0.29) is 23.1 Å². The minimum atomic E-state index is -0.609. The Hall–Kier alpha value is -3.75. The fraction of sp³-hybridized carbons (Fsp3) is 0.250. The van der Waals surface area contributed by atoms with Gasteiger partial charge in [-0.3, -0.25) is 14.9 Å². The molecule has 0 aliphatic rings. The van der Waals surface area contributed by atoms with Crippen LogP contribution >= 0.6 is 0 Å². The van der Waals surface area contributed by atoms with E-state index in [1.807, 2.05) is 13.8 Å². The number of hydrogen-bond donors (Lipinski definition) is 1. The zero-order valence-electron chi connectivity index (χ0n) is 16.2. The van der Waals surface area contributed by atoms with Crippen LogP contribution in [0.4, 0.5) is 5.69 Å². The van der Waals surface area contributed by atoms with E-state index >= 15 is 0 Å². The summed E-state index contributed by atoms with van der Waals surface area (Å²) in [4.78, 5) is 27.7. The first-order valence-corrected chi connectivity index (χ1v) is 8.93. The van der Waals surface area contributed by atoms with Crippen molar-refractivity contribution in [3.05, 3.63) is 70.1 Å². The van der Waals surface area contributed by atoms with Crippen LogP contribution < -0.4 is 10.1 Å². The Balaban J connectivity index is 1.85. The predicted octanol–water partition coefficient (Wildman–Crippen LogP) is 3.78. The Bertz CT molecular complexity index is 1010. The highest BCUT2D eigenvalue weighted by atomic mass is 16.6. The van der Waals surface area contributed by atoms with Crippen LogP contribution in [0.5, 0.6) is 5.75 Å². The minimum Gasteiger partial charge on any atom is -0.497 e. The summed E-state index contributed by atoms with van der Waals surface area (Å²) in [6, 6.07) is 12.3. The number of carbonyl (C=O) groups is 1. The fourth-order valence-corrected chi connectivity index (χ4v) is 2.78. The maximum absolute atomic E-state index is 12.7. The van der Waals surface area contributed by atoms with Crippen LogP contribution in [0, 0.1) is 16.0 Å². The Morgan fingerprint density at radius 3 is 2.48 bits per heavy atom. The average Bonchev–Trinajstić information content (AvgIpc) is 3.21. The number of ether oxygens (including phenoxy) is 1. The molecule has 0 saturated heterocycles. The number of carbonyl (C=O) groups excluding carboxylic acids is 1. The van der Waals surface area contributed by atoms with E-state index in [1.54, 1.807) is 37.4 Å². The van der Waals surface area contributed by atoms with Crippen LogP contribution in [0.1, 0.15) is 36.1 Å². The lowest BCUT2D eigenvalue weighted by atomic mass is 10.0. The highest BCUT2D eigenvalue weighted by Gasteiger charge is 2.28. The first kappa shape index (κ1) is 20.0. The number of amides is 1. The topological polar surface area (TPSA) is 120 Å². The number of nitrogens with one attached hydrogen (secondary N) is 1. The molecular weight excluding hydrogens is 376 g/mol. The van der Waals surface area contributed by atoms with E-state index in [2.05, 4.69) is 15.5 Å². The molecule has 0 bridgehead atoms. The van der Waals surface area contributed by atoms with Crippen LogP contribution in [-0.4, -0.2) is 28.1 Å². The molecule has 0 radical (unpaired) electrons. The van der Waals surface area contributed by atoms with Gasteiger partial charge in [-0.1, -0.05) is 31.1 Å². The molecule has 1 atom stereocenters. The van der Waals surface area contributed by atoms with Gasteiger partial charge in [-0.15, -0.1) is 0 Å². The van der Waals surface area contributed by atoms with E-state index in [9.17, 15) is 14.9 Å². The number of nitrogens with zero attached hydrogens (tertiary/aromatic N) is 3. The largest absolute Gasteiger partial charge is 0.497 e. The van der Waals surface area contributed by atoms with Gasteiger partial charge < -0.3 is 14.6 Å². The molecule has 1 heterocycles. The van der Waals surface area contributed by atoms with E-state index in [4.69, 9.17) is 9.26 Å². The number of nitro groups is 1. The molecule has 9 nitrogen and oxygen atoms in total. The molecule has 1 amide bonds. The van der Waals surface area contributed by atoms with Crippen molar-refractivity contribution in [2.24, 2.45) is 5.92 Å². The zero-order valence-corrected chi connectivity index (χ0v) is 16.2. The molecule has 1 aromatic heterocycles. The highest BCUT2D eigenvalue weighted by Crippen LogP contribution is 2.26. The summed E-state index contributed by atoms with van der Waals surface area (Å²) in [7, 11) is 1.58. The molecule has 1 N–H and O–H groups in total. The monoisotopic (exact) mass is 396 g/mol. The van der Waals surface area contributed by atoms with Gasteiger partial charge in [-0.2, -0.15) is 4.98 Å². The van der Waals surface area contributed by atoms with Crippen molar-refractivity contribution in [1.29, 1.82) is 0 Å². The van der Waals surface area contributed by atoms with E-state index < -0.39 is 16.9 Å². The summed E-state index contributed by atoms with van der Waals surface area (Å²) >= 11 is 0. The van der Waals surface area contributed by atoms with Gasteiger partial charge >= 0.3 is 0 Å². The number of benzene rings is 2. The lowest BCUT2D eigenvalue weighted by Crippen LogP contribution is -2.32. The van der Waals surface area contributed by atoms with Gasteiger partial charge in [-0.05, 0) is 36.2 Å². The molecule has 3 rings (SSSR count). The number of hydrogen-bond acceptors (Lipinski definition) is 7. The number of nitro benzene ring substituents is 1. The molecule has 0 aliphatic carbocycles. The van der Waals surface area contributed by atoms with Crippen LogP contribution in [0.25, 0.3) is 11.4 Å². The van der Waals surface area contributed by atoms with Gasteiger partial charge in [0, 0.05) is 11.6 Å². The minimum absolute atomic E-state index is 0.0296. The van der Waals surface area contributed by atoms with Crippen LogP contribution in [-0.2, 0) is 0 Å². The maximum atomic E-state index is 12.7. The second kappa shape index (κ2) is 8.51. The van der Waals surface area contributed by atoms with Crippen molar-refractivity contribution in [2.75, 3.05) is 7.11 Å². The van der Waals surface area contributed by atoms with Crippen molar-refractivity contribution < 1.29 is 19.0 Å². The van der Waals surface area contributed by atoms with Crippen LogP contribution in [0.3, 0.4) is 0 Å². The SMILES string of the molecule is COc1ccc(-c2noc([C@H](NC(=O)c3ccccc3[N+](=O)[O-])C(C)C)n2)cc1. The number of rotatable bonds is 7. The number of methoxy groups -OCH3 is 1. The van der Waals surface area contributed by atoms with E-state index in [0.29, 0.717) is 11.6 Å². The summed E-state index contributed by atoms with van der Waals surface area (Å²) in [6.07, 6.45) is 0. The van der Waals surface area contributed by atoms with Gasteiger partial charge in [0.05, 0.1) is 12.0 Å². The lowest BCUT2D eigenvalue weighted by Gasteiger charge is -2.18. The van der Waals surface area contributed by atoms with Crippen molar-refractivity contribution in [2.45, 2.75) is 19.9 Å². The molecule has 3 aromatic rings. The normalized spacial score (nSPS) is 11.9. The van der Waals surface area contributed by atoms with E-state index in [0.717, 1.165) is 5.56 Å². The molecule has 0 aliphatic heterocycles. The zero-order chi connectivity index (χ0) is 21.0. The Kier molecular flexibility index (Phi) is 5.87. The second-order valence-corrected chi connectivity index (χ2v) is 6.65. The summed E-state index contributed by atoms with van der Waals surface area (Å²) in [5.41, 5.74) is 0.434. The summed E-state index contributed by atoms with van der Waals surface area (Å²) in [5.74, 6) is 0.617. The Morgan fingerprint density at radius 2 is 1.86 bits per heavy atom. The van der Waals surface area contributed by atoms with Crippen molar-refractivity contribution in [3.8, 4) is 17.1 Å².